The lowest BCUT2D eigenvalue weighted by Gasteiger charge is -2.37. The molecule has 0 amide bonds. The first kappa shape index (κ1) is 23.8. The highest BCUT2D eigenvalue weighted by Gasteiger charge is 2.65. The first-order valence-electron chi connectivity index (χ1n) is 11.9. The summed E-state index contributed by atoms with van der Waals surface area (Å²) in [4.78, 5) is 9.22. The molecule has 2 aliphatic carbocycles. The summed E-state index contributed by atoms with van der Waals surface area (Å²) >= 11 is 0. The van der Waals surface area contributed by atoms with Gasteiger partial charge in [0.1, 0.15) is 29.5 Å². The van der Waals surface area contributed by atoms with Crippen molar-refractivity contribution in [2.24, 2.45) is 5.41 Å². The van der Waals surface area contributed by atoms with Crippen molar-refractivity contribution in [2.45, 2.75) is 43.9 Å². The van der Waals surface area contributed by atoms with E-state index in [0.717, 1.165) is 36.0 Å². The van der Waals surface area contributed by atoms with E-state index in [0.29, 0.717) is 11.5 Å². The summed E-state index contributed by atoms with van der Waals surface area (Å²) in [6, 6.07) is 11.1. The second kappa shape index (κ2) is 7.95. The minimum atomic E-state index is -3.34. The van der Waals surface area contributed by atoms with Crippen molar-refractivity contribution in [2.75, 3.05) is 6.26 Å². The molecule has 0 spiro atoms. The van der Waals surface area contributed by atoms with Gasteiger partial charge in [-0.1, -0.05) is 26.0 Å². The van der Waals surface area contributed by atoms with Gasteiger partial charge in [0, 0.05) is 6.26 Å². The predicted molar refractivity (Wildman–Crippen MR) is 132 cm³/mol. The molecular weight excluding hydrogens is 498 g/mol. The van der Waals surface area contributed by atoms with Crippen LogP contribution < -0.4 is 0 Å². The molecule has 0 saturated heterocycles. The number of nitrogens with zero attached hydrogens (tertiary/aromatic N) is 6. The number of hydrogen-bond acceptors (Lipinski definition) is 7. The molecule has 1 aromatic carbocycles. The Hall–Kier alpha value is -3.60. The molecule has 1 unspecified atom stereocenters. The highest BCUT2D eigenvalue weighted by Crippen LogP contribution is 2.69. The van der Waals surface area contributed by atoms with E-state index in [2.05, 4.69) is 34.1 Å². The van der Waals surface area contributed by atoms with Crippen LogP contribution >= 0.6 is 0 Å². The summed E-state index contributed by atoms with van der Waals surface area (Å²) in [5.74, 6) is -1.22. The van der Waals surface area contributed by atoms with Crippen LogP contribution in [0.4, 0.5) is 8.78 Å². The van der Waals surface area contributed by atoms with Gasteiger partial charge < -0.3 is 0 Å². The summed E-state index contributed by atoms with van der Waals surface area (Å²) < 4.78 is 54.1. The fraction of sp³-hybridized carbons (Fsp3) is 0.346. The average molecular weight is 523 g/mol. The number of benzene rings is 1. The lowest BCUT2D eigenvalue weighted by atomic mass is 9.66. The molecule has 3 aromatic heterocycles. The third kappa shape index (κ3) is 3.43. The molecule has 6 rings (SSSR count). The highest BCUT2D eigenvalue weighted by molar-refractivity contribution is 7.89. The first-order chi connectivity index (χ1) is 17.5. The maximum absolute atomic E-state index is 14.5. The van der Waals surface area contributed by atoms with Gasteiger partial charge in [0.25, 0.3) is 0 Å². The SMILES string of the molecule is CC1(C)[C@H]2CCC1(c1cccc(-c3ncnn3CS(C)(=O)=O)n1)c1nnc(-c3c(F)cccc3F)cc12. The van der Waals surface area contributed by atoms with E-state index in [4.69, 9.17) is 4.98 Å². The molecule has 0 N–H and O–H groups in total. The minimum Gasteiger partial charge on any atom is -0.248 e. The Morgan fingerprint density at radius 1 is 1.05 bits per heavy atom. The standard InChI is InChI=1S/C26H24F2N6O2S/c1-25(2)16-10-11-26(25,23-15(16)12-20(32-33-23)22-17(27)6-4-7-18(22)28)21-9-5-8-19(31-21)24-29-13-30-34(24)14-37(3,35)36/h4-9,12-13,16H,10-11,14H2,1-3H3/t16-,26?/m0/s1. The summed E-state index contributed by atoms with van der Waals surface area (Å²) in [6.07, 6.45) is 4.09. The number of hydrogen-bond donors (Lipinski definition) is 0. The molecule has 8 nitrogen and oxygen atoms in total. The summed E-state index contributed by atoms with van der Waals surface area (Å²) in [5, 5.41) is 12.9. The number of rotatable bonds is 5. The van der Waals surface area contributed by atoms with Gasteiger partial charge in [-0.2, -0.15) is 10.2 Å². The molecule has 37 heavy (non-hydrogen) atoms. The number of halogens is 2. The van der Waals surface area contributed by atoms with Crippen LogP contribution in [0.3, 0.4) is 0 Å². The Morgan fingerprint density at radius 3 is 2.51 bits per heavy atom. The molecule has 11 heteroatoms. The second-order valence-corrected chi connectivity index (χ2v) is 12.5. The van der Waals surface area contributed by atoms with Crippen LogP contribution in [-0.2, 0) is 21.1 Å². The van der Waals surface area contributed by atoms with E-state index in [1.807, 2.05) is 12.1 Å². The fourth-order valence-corrected chi connectivity index (χ4v) is 6.97. The van der Waals surface area contributed by atoms with E-state index < -0.39 is 26.9 Å². The van der Waals surface area contributed by atoms with E-state index in [-0.39, 0.29) is 28.5 Å². The van der Waals surface area contributed by atoms with Gasteiger partial charge in [0.2, 0.25) is 0 Å². The molecular formula is C26H24F2N6O2S. The fourth-order valence-electron chi connectivity index (χ4n) is 6.33. The smallest absolute Gasteiger partial charge is 0.177 e. The van der Waals surface area contributed by atoms with Crippen molar-refractivity contribution in [1.82, 2.24) is 29.9 Å². The normalized spacial score (nSPS) is 21.8. The van der Waals surface area contributed by atoms with Gasteiger partial charge in [-0.15, -0.1) is 5.10 Å². The van der Waals surface area contributed by atoms with Crippen LogP contribution in [0, 0.1) is 17.0 Å². The van der Waals surface area contributed by atoms with Crippen molar-refractivity contribution >= 4 is 9.84 Å². The predicted octanol–water partition coefficient (Wildman–Crippen LogP) is 4.28. The van der Waals surface area contributed by atoms with Crippen LogP contribution in [0.15, 0.2) is 48.8 Å². The van der Waals surface area contributed by atoms with Gasteiger partial charge in [-0.05, 0) is 60.1 Å². The maximum Gasteiger partial charge on any atom is 0.177 e. The molecule has 2 atom stereocenters. The third-order valence-corrected chi connectivity index (χ3v) is 8.70. The van der Waals surface area contributed by atoms with Crippen LogP contribution in [0.5, 0.6) is 0 Å². The molecule has 1 fully saturated rings. The topological polar surface area (TPSA) is 104 Å². The van der Waals surface area contributed by atoms with Crippen LogP contribution in [0.2, 0.25) is 0 Å². The van der Waals surface area contributed by atoms with Gasteiger partial charge in [0.15, 0.2) is 15.7 Å². The van der Waals surface area contributed by atoms with E-state index in [1.54, 1.807) is 12.1 Å². The Labute approximate surface area is 212 Å². The summed E-state index contributed by atoms with van der Waals surface area (Å²) in [5.41, 5.74) is 2.06. The maximum atomic E-state index is 14.5. The van der Waals surface area contributed by atoms with Crippen molar-refractivity contribution < 1.29 is 17.2 Å². The van der Waals surface area contributed by atoms with Gasteiger partial charge >= 0.3 is 0 Å². The van der Waals surface area contributed by atoms with Gasteiger partial charge in [-0.3, -0.25) is 0 Å². The van der Waals surface area contributed by atoms with Crippen molar-refractivity contribution in [3.63, 3.8) is 0 Å². The summed E-state index contributed by atoms with van der Waals surface area (Å²) in [7, 11) is -3.34. The Bertz CT molecular complexity index is 1650. The van der Waals surface area contributed by atoms with Crippen molar-refractivity contribution in [1.29, 1.82) is 0 Å². The molecule has 1 saturated carbocycles. The zero-order valence-corrected chi connectivity index (χ0v) is 21.3. The van der Waals surface area contributed by atoms with Gasteiger partial charge in [-0.25, -0.2) is 31.8 Å². The lowest BCUT2D eigenvalue weighted by Crippen LogP contribution is -2.37. The molecule has 2 aliphatic rings. The monoisotopic (exact) mass is 522 g/mol. The third-order valence-electron chi connectivity index (χ3n) is 7.99. The second-order valence-electron chi connectivity index (χ2n) is 10.4. The largest absolute Gasteiger partial charge is 0.248 e. The van der Waals surface area contributed by atoms with Crippen LogP contribution in [0.1, 0.15) is 49.6 Å². The highest BCUT2D eigenvalue weighted by atomic mass is 32.2. The lowest BCUT2D eigenvalue weighted by molar-refractivity contribution is 0.243. The Kier molecular flexibility index (Phi) is 5.11. The number of aromatic nitrogens is 6. The van der Waals surface area contributed by atoms with Crippen LogP contribution in [0.25, 0.3) is 22.8 Å². The minimum absolute atomic E-state index is 0.103. The number of pyridine rings is 1. The average Bonchev–Trinajstić information content (AvgIpc) is 3.45. The van der Waals surface area contributed by atoms with E-state index >= 15 is 0 Å². The van der Waals surface area contributed by atoms with Crippen LogP contribution in [-0.4, -0.2) is 44.6 Å². The zero-order chi connectivity index (χ0) is 26.2. The Morgan fingerprint density at radius 2 is 1.78 bits per heavy atom. The molecule has 190 valence electrons. The quantitative estimate of drug-likeness (QED) is 0.385. The molecule has 3 heterocycles. The van der Waals surface area contributed by atoms with E-state index in [9.17, 15) is 17.2 Å². The van der Waals surface area contributed by atoms with Gasteiger partial charge in [0.05, 0.1) is 28.1 Å². The number of fused-ring (bicyclic) bond motifs is 5. The summed E-state index contributed by atoms with van der Waals surface area (Å²) in [6.45, 7) is 4.33. The Balaban J connectivity index is 1.49. The molecule has 0 aliphatic heterocycles. The number of sulfone groups is 1. The first-order valence-corrected chi connectivity index (χ1v) is 13.9. The molecule has 0 radical (unpaired) electrons. The van der Waals surface area contributed by atoms with E-state index in [1.165, 1.54) is 29.2 Å². The zero-order valence-electron chi connectivity index (χ0n) is 20.5. The molecule has 4 aromatic rings. The van der Waals surface area contributed by atoms with Crippen molar-refractivity contribution in [3.8, 4) is 22.8 Å². The molecule has 2 bridgehead atoms. The van der Waals surface area contributed by atoms with Crippen molar-refractivity contribution in [3.05, 3.63) is 77.4 Å².